The molecule has 0 aliphatic heterocycles. The number of nitrogens with two attached hydrogens (primary N) is 2. The van der Waals surface area contributed by atoms with Crippen molar-refractivity contribution >= 4 is 22.7 Å². The number of fused-ring (bicyclic) bond motifs is 1. The summed E-state index contributed by atoms with van der Waals surface area (Å²) in [6.07, 6.45) is 2.04. The average molecular weight is 427 g/mol. The number of aromatic nitrogens is 3. The summed E-state index contributed by atoms with van der Waals surface area (Å²) in [6.45, 7) is 1.96. The number of nitrogens with zero attached hydrogens (tertiary/aromatic N) is 2. The Morgan fingerprint density at radius 3 is 2.44 bits per heavy atom. The van der Waals surface area contributed by atoms with Crippen LogP contribution in [0.25, 0.3) is 22.2 Å². The smallest absolute Gasteiger partial charge is 0.233 e. The summed E-state index contributed by atoms with van der Waals surface area (Å²) in [5.41, 5.74) is 14.0. The monoisotopic (exact) mass is 427 g/mol. The second-order valence-electron chi connectivity index (χ2n) is 8.10. The van der Waals surface area contributed by atoms with Crippen LogP contribution in [0.15, 0.2) is 60.8 Å². The number of carbonyl (C=O) groups is 2. The Labute approximate surface area is 183 Å². The summed E-state index contributed by atoms with van der Waals surface area (Å²) >= 11 is 0. The fourth-order valence-corrected chi connectivity index (χ4v) is 4.16. The molecule has 2 aromatic heterocycles. The second-order valence-corrected chi connectivity index (χ2v) is 8.10. The molecule has 8 heteroatoms. The van der Waals surface area contributed by atoms with Crippen molar-refractivity contribution in [3.8, 4) is 22.8 Å². The molecule has 1 unspecified atom stereocenters. The molecule has 160 valence electrons. The maximum absolute atomic E-state index is 11.7. The van der Waals surface area contributed by atoms with E-state index < -0.39 is 17.2 Å². The predicted octanol–water partition coefficient (Wildman–Crippen LogP) is 3.17. The van der Waals surface area contributed by atoms with E-state index in [1.54, 1.807) is 24.4 Å². The number of nitrogens with one attached hydrogen (secondary N) is 1. The van der Waals surface area contributed by atoms with Crippen molar-refractivity contribution in [2.45, 2.75) is 19.3 Å². The van der Waals surface area contributed by atoms with E-state index in [2.05, 4.69) is 15.2 Å². The zero-order chi connectivity index (χ0) is 22.5. The van der Waals surface area contributed by atoms with Crippen LogP contribution in [0, 0.1) is 12.3 Å². The van der Waals surface area contributed by atoms with Crippen molar-refractivity contribution in [1.29, 1.82) is 0 Å². The maximum Gasteiger partial charge on any atom is 0.233 e. The van der Waals surface area contributed by atoms with Crippen LogP contribution in [-0.4, -0.2) is 27.0 Å². The van der Waals surface area contributed by atoms with Gasteiger partial charge in [-0.05, 0) is 55.3 Å². The number of amides is 2. The Morgan fingerprint density at radius 2 is 1.81 bits per heavy atom. The number of rotatable bonds is 6. The molecular weight excluding hydrogens is 406 g/mol. The summed E-state index contributed by atoms with van der Waals surface area (Å²) < 4.78 is 6.10. The highest BCUT2D eigenvalue weighted by Gasteiger charge is 2.64. The molecule has 32 heavy (non-hydrogen) atoms. The van der Waals surface area contributed by atoms with Crippen molar-refractivity contribution in [1.82, 2.24) is 15.2 Å². The van der Waals surface area contributed by atoms with Crippen LogP contribution < -0.4 is 16.2 Å². The van der Waals surface area contributed by atoms with Gasteiger partial charge < -0.3 is 16.2 Å². The number of aromatic amines is 1. The molecule has 1 atom stereocenters. The lowest BCUT2D eigenvalue weighted by molar-refractivity contribution is -0.133. The number of H-pyrrole nitrogens is 1. The normalized spacial score (nSPS) is 16.6. The Hall–Kier alpha value is -4.20. The summed E-state index contributed by atoms with van der Waals surface area (Å²) in [7, 11) is 0. The lowest BCUT2D eigenvalue weighted by atomic mass is 9.97. The van der Waals surface area contributed by atoms with Gasteiger partial charge in [-0.2, -0.15) is 5.10 Å². The van der Waals surface area contributed by atoms with Crippen LogP contribution in [0.2, 0.25) is 0 Å². The van der Waals surface area contributed by atoms with E-state index in [0.29, 0.717) is 17.9 Å². The molecule has 0 bridgehead atoms. The van der Waals surface area contributed by atoms with Gasteiger partial charge in [-0.15, -0.1) is 0 Å². The standard InChI is InChI=1S/C24H21N5O3/c1-13-10-19(29-28-13)15-4-7-17-20(11-15)27-9-8-21(17)32-16-5-2-14(3-6-16)18-12-24(18,22(25)30)23(26)31/h2-11,18H,12H2,1H3,(H2,25,30)(H2,26,31)(H,28,29). The van der Waals surface area contributed by atoms with Crippen molar-refractivity contribution in [2.75, 3.05) is 0 Å². The first-order chi connectivity index (χ1) is 15.4. The Bertz CT molecular complexity index is 1350. The van der Waals surface area contributed by atoms with Gasteiger partial charge in [-0.3, -0.25) is 19.7 Å². The minimum atomic E-state index is -1.28. The van der Waals surface area contributed by atoms with E-state index in [4.69, 9.17) is 16.2 Å². The van der Waals surface area contributed by atoms with E-state index >= 15 is 0 Å². The van der Waals surface area contributed by atoms with E-state index in [9.17, 15) is 9.59 Å². The fourth-order valence-electron chi connectivity index (χ4n) is 4.16. The molecule has 5 N–H and O–H groups in total. The molecular formula is C24H21N5O3. The Balaban J connectivity index is 1.39. The van der Waals surface area contributed by atoms with Crippen LogP contribution in [-0.2, 0) is 9.59 Å². The van der Waals surface area contributed by atoms with Gasteiger partial charge in [0.2, 0.25) is 11.8 Å². The summed E-state index contributed by atoms with van der Waals surface area (Å²) in [4.78, 5) is 27.9. The van der Waals surface area contributed by atoms with Crippen LogP contribution >= 0.6 is 0 Å². The highest BCUT2D eigenvalue weighted by molar-refractivity contribution is 6.08. The van der Waals surface area contributed by atoms with Gasteiger partial charge in [0, 0.05) is 28.8 Å². The third-order valence-corrected chi connectivity index (χ3v) is 6.05. The van der Waals surface area contributed by atoms with E-state index in [0.717, 1.165) is 33.4 Å². The molecule has 8 nitrogen and oxygen atoms in total. The van der Waals surface area contributed by atoms with Gasteiger partial charge in [-0.25, -0.2) is 0 Å². The average Bonchev–Trinajstić information content (AvgIpc) is 3.42. The summed E-state index contributed by atoms with van der Waals surface area (Å²) in [6, 6.07) is 17.0. The number of benzene rings is 2. The van der Waals surface area contributed by atoms with Gasteiger partial charge in [0.1, 0.15) is 16.9 Å². The number of aryl methyl sites for hydroxylation is 1. The van der Waals surface area contributed by atoms with E-state index in [-0.39, 0.29) is 5.92 Å². The molecule has 0 saturated heterocycles. The van der Waals surface area contributed by atoms with Crippen molar-refractivity contribution < 1.29 is 14.3 Å². The summed E-state index contributed by atoms with van der Waals surface area (Å²) in [5.74, 6) is -0.358. The van der Waals surface area contributed by atoms with Crippen LogP contribution in [0.5, 0.6) is 11.5 Å². The van der Waals surface area contributed by atoms with Crippen molar-refractivity contribution in [3.63, 3.8) is 0 Å². The van der Waals surface area contributed by atoms with Crippen LogP contribution in [0.1, 0.15) is 23.6 Å². The lowest BCUT2D eigenvalue weighted by Crippen LogP contribution is -2.38. The van der Waals surface area contributed by atoms with Crippen LogP contribution in [0.4, 0.5) is 0 Å². The van der Waals surface area contributed by atoms with E-state index in [1.807, 2.05) is 43.3 Å². The lowest BCUT2D eigenvalue weighted by Gasteiger charge is -2.11. The molecule has 0 spiro atoms. The van der Waals surface area contributed by atoms with Crippen molar-refractivity contribution in [2.24, 2.45) is 16.9 Å². The number of ether oxygens (including phenoxy) is 1. The molecule has 2 amide bonds. The van der Waals surface area contributed by atoms with Gasteiger partial charge in [0.05, 0.1) is 11.2 Å². The highest BCUT2D eigenvalue weighted by Crippen LogP contribution is 2.59. The van der Waals surface area contributed by atoms with E-state index in [1.165, 1.54) is 0 Å². The predicted molar refractivity (Wildman–Crippen MR) is 119 cm³/mol. The first-order valence-corrected chi connectivity index (χ1v) is 10.2. The molecule has 4 aromatic rings. The molecule has 1 fully saturated rings. The number of carbonyl (C=O) groups excluding carboxylic acids is 2. The number of pyridine rings is 1. The zero-order valence-corrected chi connectivity index (χ0v) is 17.3. The van der Waals surface area contributed by atoms with Crippen molar-refractivity contribution in [3.05, 3.63) is 72.1 Å². The third-order valence-electron chi connectivity index (χ3n) is 6.05. The quantitative estimate of drug-likeness (QED) is 0.406. The van der Waals surface area contributed by atoms with Gasteiger partial charge in [0.15, 0.2) is 0 Å². The third kappa shape index (κ3) is 3.17. The topological polar surface area (TPSA) is 137 Å². The molecule has 1 saturated carbocycles. The maximum atomic E-state index is 11.7. The molecule has 2 heterocycles. The first-order valence-electron chi connectivity index (χ1n) is 10.2. The largest absolute Gasteiger partial charge is 0.457 e. The first kappa shape index (κ1) is 19.7. The Kier molecular flexibility index (Phi) is 4.44. The molecule has 1 aliphatic rings. The fraction of sp³-hybridized carbons (Fsp3) is 0.167. The van der Waals surface area contributed by atoms with Crippen LogP contribution in [0.3, 0.4) is 0 Å². The minimum Gasteiger partial charge on any atom is -0.457 e. The number of hydrogen-bond acceptors (Lipinski definition) is 5. The summed E-state index contributed by atoms with van der Waals surface area (Å²) in [5, 5.41) is 8.12. The number of hydrogen-bond donors (Lipinski definition) is 3. The van der Waals surface area contributed by atoms with Gasteiger partial charge >= 0.3 is 0 Å². The highest BCUT2D eigenvalue weighted by atomic mass is 16.5. The molecule has 1 aliphatic carbocycles. The van der Waals surface area contributed by atoms with Gasteiger partial charge in [-0.1, -0.05) is 18.2 Å². The Morgan fingerprint density at radius 1 is 1.06 bits per heavy atom. The second kappa shape index (κ2) is 7.19. The molecule has 0 radical (unpaired) electrons. The molecule has 5 rings (SSSR count). The number of primary amides is 2. The minimum absolute atomic E-state index is 0.294. The molecule has 2 aromatic carbocycles. The van der Waals surface area contributed by atoms with Gasteiger partial charge in [0.25, 0.3) is 0 Å². The SMILES string of the molecule is Cc1cc(-c2ccc3c(Oc4ccc(C5CC5(C(N)=O)C(N)=O)cc4)ccnc3c2)n[nH]1. The zero-order valence-electron chi connectivity index (χ0n) is 17.3.